The van der Waals surface area contributed by atoms with Gasteiger partial charge in [-0.2, -0.15) is 0 Å². The summed E-state index contributed by atoms with van der Waals surface area (Å²) in [5.41, 5.74) is 3.21. The predicted octanol–water partition coefficient (Wildman–Crippen LogP) is 3.13. The Morgan fingerprint density at radius 2 is 2.04 bits per heavy atom. The van der Waals surface area contributed by atoms with Crippen LogP contribution in [0.1, 0.15) is 55.6 Å². The van der Waals surface area contributed by atoms with Crippen molar-refractivity contribution in [2.24, 2.45) is 5.92 Å². The second-order valence-electron chi connectivity index (χ2n) is 8.26. The largest absolute Gasteiger partial charge is 0.492 e. The molecule has 0 aliphatic carbocycles. The molecule has 3 aliphatic heterocycles. The molecule has 2 atom stereocenters. The number of hydrogen-bond donors (Lipinski definition) is 0. The van der Waals surface area contributed by atoms with Crippen molar-refractivity contribution >= 4 is 5.97 Å². The highest BCUT2D eigenvalue weighted by molar-refractivity contribution is 5.94. The number of rotatable bonds is 0. The topological polar surface area (TPSA) is 38.8 Å². The first-order chi connectivity index (χ1) is 10.8. The van der Waals surface area contributed by atoms with Crippen LogP contribution in [0.15, 0.2) is 12.1 Å². The van der Waals surface area contributed by atoms with Gasteiger partial charge in [-0.25, -0.2) is 4.79 Å². The van der Waals surface area contributed by atoms with Crippen molar-refractivity contribution in [3.05, 3.63) is 28.8 Å². The first-order valence-electron chi connectivity index (χ1n) is 8.54. The maximum atomic E-state index is 11.8. The molecule has 3 heterocycles. The summed E-state index contributed by atoms with van der Waals surface area (Å²) in [6, 6.07) is 4.04. The van der Waals surface area contributed by atoms with E-state index in [1.165, 1.54) is 5.56 Å². The number of fused-ring (bicyclic) bond motifs is 4. The van der Waals surface area contributed by atoms with Gasteiger partial charge < -0.3 is 9.47 Å². The minimum Gasteiger partial charge on any atom is -0.492 e. The molecule has 1 aromatic carbocycles. The monoisotopic (exact) mass is 315 g/mol. The van der Waals surface area contributed by atoms with Gasteiger partial charge in [-0.05, 0) is 45.7 Å². The molecule has 124 valence electrons. The lowest BCUT2D eigenvalue weighted by atomic mass is 9.67. The molecule has 1 spiro atoms. The van der Waals surface area contributed by atoms with Crippen LogP contribution in [0.4, 0.5) is 0 Å². The van der Waals surface area contributed by atoms with Crippen molar-refractivity contribution in [3.63, 3.8) is 0 Å². The van der Waals surface area contributed by atoms with Crippen LogP contribution < -0.4 is 4.74 Å². The van der Waals surface area contributed by atoms with E-state index in [0.29, 0.717) is 18.1 Å². The zero-order valence-corrected chi connectivity index (χ0v) is 14.4. The molecular weight excluding hydrogens is 290 g/mol. The highest BCUT2D eigenvalue weighted by Gasteiger charge is 2.50. The van der Waals surface area contributed by atoms with Gasteiger partial charge in [-0.3, -0.25) is 4.90 Å². The molecule has 1 fully saturated rings. The van der Waals surface area contributed by atoms with Crippen molar-refractivity contribution in [3.8, 4) is 5.75 Å². The maximum absolute atomic E-state index is 11.8. The van der Waals surface area contributed by atoms with Gasteiger partial charge in [0.1, 0.15) is 12.4 Å². The van der Waals surface area contributed by atoms with Gasteiger partial charge in [0.2, 0.25) is 0 Å². The number of likely N-dealkylation sites (tertiary alicyclic amines) is 1. The van der Waals surface area contributed by atoms with Gasteiger partial charge in [0.25, 0.3) is 0 Å². The lowest BCUT2D eigenvalue weighted by molar-refractivity contribution is 0.0275. The first kappa shape index (κ1) is 15.0. The molecule has 2 unspecified atom stereocenters. The fraction of sp³-hybridized carbons (Fsp3) is 0.632. The van der Waals surface area contributed by atoms with Crippen molar-refractivity contribution in [2.75, 3.05) is 19.7 Å². The Labute approximate surface area is 137 Å². The fourth-order valence-electron chi connectivity index (χ4n) is 4.41. The zero-order valence-electron chi connectivity index (χ0n) is 14.4. The SMILES string of the molecule is CC1CN(C(C)(C)C)CCC12COc1c2ccc2c1COC2=O. The lowest BCUT2D eigenvalue weighted by Crippen LogP contribution is -2.55. The summed E-state index contributed by atoms with van der Waals surface area (Å²) in [6.07, 6.45) is 1.10. The normalized spacial score (nSPS) is 30.1. The molecule has 0 bridgehead atoms. The van der Waals surface area contributed by atoms with Crippen LogP contribution in [0.5, 0.6) is 5.75 Å². The minimum absolute atomic E-state index is 0.0811. The molecule has 0 saturated carbocycles. The highest BCUT2D eigenvalue weighted by atomic mass is 16.5. The quantitative estimate of drug-likeness (QED) is 0.690. The fourth-order valence-corrected chi connectivity index (χ4v) is 4.41. The van der Waals surface area contributed by atoms with Crippen molar-refractivity contribution < 1.29 is 14.3 Å². The van der Waals surface area contributed by atoms with Crippen molar-refractivity contribution in [1.29, 1.82) is 0 Å². The molecule has 0 radical (unpaired) electrons. The number of cyclic esters (lactones) is 1. The van der Waals surface area contributed by atoms with Crippen LogP contribution in [0.2, 0.25) is 0 Å². The average molecular weight is 315 g/mol. The first-order valence-corrected chi connectivity index (χ1v) is 8.54. The Morgan fingerprint density at radius 3 is 2.74 bits per heavy atom. The summed E-state index contributed by atoms with van der Waals surface area (Å²) in [5, 5.41) is 0. The Morgan fingerprint density at radius 1 is 1.26 bits per heavy atom. The van der Waals surface area contributed by atoms with Gasteiger partial charge in [-0.15, -0.1) is 0 Å². The van der Waals surface area contributed by atoms with Crippen molar-refractivity contribution in [2.45, 2.75) is 51.7 Å². The van der Waals surface area contributed by atoms with Crippen LogP contribution in [-0.2, 0) is 16.8 Å². The summed E-state index contributed by atoms with van der Waals surface area (Å²) in [5.74, 6) is 1.22. The van der Waals surface area contributed by atoms with E-state index in [4.69, 9.17) is 9.47 Å². The van der Waals surface area contributed by atoms with Crippen LogP contribution in [-0.4, -0.2) is 36.1 Å². The number of ether oxygens (including phenoxy) is 2. The third-order valence-corrected chi connectivity index (χ3v) is 6.05. The summed E-state index contributed by atoms with van der Waals surface area (Å²) < 4.78 is 11.3. The van der Waals surface area contributed by atoms with E-state index in [2.05, 4.69) is 38.7 Å². The number of hydrogen-bond acceptors (Lipinski definition) is 4. The van der Waals surface area contributed by atoms with E-state index < -0.39 is 0 Å². The third-order valence-electron chi connectivity index (χ3n) is 6.05. The summed E-state index contributed by atoms with van der Waals surface area (Å²) >= 11 is 0. The third kappa shape index (κ3) is 2.04. The smallest absolute Gasteiger partial charge is 0.339 e. The zero-order chi connectivity index (χ0) is 16.4. The van der Waals surface area contributed by atoms with Gasteiger partial charge in [0, 0.05) is 28.6 Å². The van der Waals surface area contributed by atoms with E-state index in [1.54, 1.807) is 0 Å². The van der Waals surface area contributed by atoms with Gasteiger partial charge in [-0.1, -0.05) is 13.0 Å². The van der Waals surface area contributed by atoms with Gasteiger partial charge >= 0.3 is 5.97 Å². The number of nitrogens with zero attached hydrogens (tertiary/aromatic N) is 1. The number of carbonyl (C=O) groups excluding carboxylic acids is 1. The number of esters is 1. The molecule has 4 rings (SSSR count). The molecule has 1 aromatic rings. The minimum atomic E-state index is -0.219. The highest BCUT2D eigenvalue weighted by Crippen LogP contribution is 2.51. The van der Waals surface area contributed by atoms with Gasteiger partial charge in [0.05, 0.1) is 12.2 Å². The molecule has 4 heteroatoms. The molecule has 1 saturated heterocycles. The van der Waals surface area contributed by atoms with E-state index in [1.807, 2.05) is 6.07 Å². The Bertz CT molecular complexity index is 676. The molecule has 0 amide bonds. The lowest BCUT2D eigenvalue weighted by Gasteiger charge is -2.48. The maximum Gasteiger partial charge on any atom is 0.339 e. The van der Waals surface area contributed by atoms with Crippen LogP contribution in [0.3, 0.4) is 0 Å². The average Bonchev–Trinajstić information content (AvgIpc) is 3.04. The summed E-state index contributed by atoms with van der Waals surface area (Å²) in [7, 11) is 0. The summed E-state index contributed by atoms with van der Waals surface area (Å²) in [6.45, 7) is 12.4. The van der Waals surface area contributed by atoms with Crippen LogP contribution in [0.25, 0.3) is 0 Å². The summed E-state index contributed by atoms with van der Waals surface area (Å²) in [4.78, 5) is 14.3. The molecule has 4 nitrogen and oxygen atoms in total. The molecule has 0 aromatic heterocycles. The van der Waals surface area contributed by atoms with E-state index in [9.17, 15) is 4.79 Å². The number of benzene rings is 1. The molecule has 23 heavy (non-hydrogen) atoms. The van der Waals surface area contributed by atoms with E-state index in [0.717, 1.165) is 37.4 Å². The predicted molar refractivity (Wildman–Crippen MR) is 87.8 cm³/mol. The number of carbonyl (C=O) groups is 1. The molecule has 0 N–H and O–H groups in total. The standard InChI is InChI=1S/C19H25NO3/c1-12-9-20(18(2,3)4)8-7-19(12)11-23-16-14-10-22-17(21)13(14)5-6-15(16)19/h5-6,12H,7-11H2,1-4H3. The Kier molecular flexibility index (Phi) is 3.08. The van der Waals surface area contributed by atoms with E-state index >= 15 is 0 Å². The Hall–Kier alpha value is -1.55. The van der Waals surface area contributed by atoms with Crippen molar-refractivity contribution in [1.82, 2.24) is 4.90 Å². The second-order valence-corrected chi connectivity index (χ2v) is 8.26. The Balaban J connectivity index is 1.71. The second kappa shape index (κ2) is 4.73. The molecular formula is C19H25NO3. The van der Waals surface area contributed by atoms with Crippen LogP contribution in [0, 0.1) is 5.92 Å². The van der Waals surface area contributed by atoms with Crippen LogP contribution >= 0.6 is 0 Å². The van der Waals surface area contributed by atoms with Gasteiger partial charge in [0.15, 0.2) is 0 Å². The van der Waals surface area contributed by atoms with E-state index in [-0.39, 0.29) is 16.9 Å². The number of piperidine rings is 1. The molecule has 3 aliphatic rings.